The molecule has 3 atom stereocenters. The normalized spacial score (nSPS) is 25.7. The van der Waals surface area contributed by atoms with E-state index in [9.17, 15) is 9.59 Å². The average Bonchev–Trinajstić information content (AvgIpc) is 2.61. The van der Waals surface area contributed by atoms with Crippen molar-refractivity contribution < 1.29 is 9.59 Å². The van der Waals surface area contributed by atoms with Crippen LogP contribution in [-0.4, -0.2) is 11.7 Å². The Morgan fingerprint density at radius 1 is 1.08 bits per heavy atom. The Kier molecular flexibility index (Phi) is 3.72. The molecule has 0 spiro atoms. The van der Waals surface area contributed by atoms with Gasteiger partial charge in [0.2, 0.25) is 5.91 Å². The molecule has 4 rings (SSSR count). The third-order valence-corrected chi connectivity index (χ3v) is 5.67. The van der Waals surface area contributed by atoms with E-state index in [1.54, 1.807) is 6.07 Å². The minimum atomic E-state index is -0.404. The molecule has 0 saturated heterocycles. The number of hydrogen-bond donors (Lipinski definition) is 1. The Labute approximate surface area is 141 Å². The second kappa shape index (κ2) is 5.90. The van der Waals surface area contributed by atoms with E-state index >= 15 is 0 Å². The van der Waals surface area contributed by atoms with Crippen molar-refractivity contribution in [2.24, 2.45) is 11.7 Å². The van der Waals surface area contributed by atoms with E-state index in [1.165, 1.54) is 5.56 Å². The molecule has 1 amide bonds. The van der Waals surface area contributed by atoms with Crippen LogP contribution in [0.2, 0.25) is 0 Å². The summed E-state index contributed by atoms with van der Waals surface area (Å²) in [4.78, 5) is 24.3. The van der Waals surface area contributed by atoms with E-state index < -0.39 is 5.91 Å². The van der Waals surface area contributed by atoms with E-state index in [0.29, 0.717) is 29.6 Å². The van der Waals surface area contributed by atoms with Gasteiger partial charge in [-0.1, -0.05) is 36.4 Å². The van der Waals surface area contributed by atoms with Gasteiger partial charge in [-0.15, -0.1) is 0 Å². The smallest absolute Gasteiger partial charge is 0.248 e. The Morgan fingerprint density at radius 2 is 1.88 bits per heavy atom. The van der Waals surface area contributed by atoms with Gasteiger partial charge in [-0.2, -0.15) is 0 Å². The number of primary amides is 1. The van der Waals surface area contributed by atoms with Gasteiger partial charge in [-0.25, -0.2) is 0 Å². The van der Waals surface area contributed by atoms with Crippen molar-refractivity contribution in [1.82, 2.24) is 0 Å². The number of nitrogens with two attached hydrogens (primary N) is 1. The summed E-state index contributed by atoms with van der Waals surface area (Å²) in [6, 6.07) is 16.0. The molecule has 0 radical (unpaired) electrons. The highest BCUT2D eigenvalue weighted by atomic mass is 16.1. The first-order valence-corrected chi connectivity index (χ1v) is 8.64. The Bertz CT molecular complexity index is 797. The van der Waals surface area contributed by atoms with Crippen LogP contribution in [-0.2, 0) is 11.2 Å². The lowest BCUT2D eigenvalue weighted by molar-refractivity contribution is -0.124. The summed E-state index contributed by atoms with van der Waals surface area (Å²) in [5.41, 5.74) is 9.44. The second-order valence-electron chi connectivity index (χ2n) is 7.07. The van der Waals surface area contributed by atoms with Crippen LogP contribution >= 0.6 is 0 Å². The lowest BCUT2D eigenvalue weighted by Gasteiger charge is -2.39. The van der Waals surface area contributed by atoms with Crippen LogP contribution < -0.4 is 5.73 Å². The summed E-state index contributed by atoms with van der Waals surface area (Å²) in [6.45, 7) is 0. The number of carbonyl (C=O) groups excluding carboxylic acids is 2. The van der Waals surface area contributed by atoms with E-state index in [1.807, 2.05) is 30.3 Å². The molecule has 3 nitrogen and oxygen atoms in total. The van der Waals surface area contributed by atoms with Crippen LogP contribution in [0.15, 0.2) is 48.5 Å². The zero-order valence-electron chi connectivity index (χ0n) is 13.6. The number of ketones is 1. The maximum Gasteiger partial charge on any atom is 0.248 e. The predicted molar refractivity (Wildman–Crippen MR) is 92.9 cm³/mol. The summed E-state index contributed by atoms with van der Waals surface area (Å²) >= 11 is 0. The van der Waals surface area contributed by atoms with Gasteiger partial charge < -0.3 is 5.73 Å². The molecule has 2 aromatic carbocycles. The molecule has 3 unspecified atom stereocenters. The van der Waals surface area contributed by atoms with Crippen molar-refractivity contribution in [1.29, 1.82) is 0 Å². The fourth-order valence-electron chi connectivity index (χ4n) is 4.53. The van der Waals surface area contributed by atoms with Crippen LogP contribution in [0.4, 0.5) is 0 Å². The number of aryl methyl sites for hydroxylation is 1. The van der Waals surface area contributed by atoms with Crippen LogP contribution in [0, 0.1) is 5.92 Å². The maximum atomic E-state index is 12.9. The van der Waals surface area contributed by atoms with E-state index in [0.717, 1.165) is 30.4 Å². The number of fused-ring (bicyclic) bond motifs is 3. The van der Waals surface area contributed by atoms with Gasteiger partial charge in [0.05, 0.1) is 0 Å². The molecule has 1 fully saturated rings. The van der Waals surface area contributed by atoms with Crippen LogP contribution in [0.3, 0.4) is 0 Å². The SMILES string of the molecule is NC(=O)c1ccc2c(c1)CCC1CC(c3ccccc3)CC(=O)C21. The lowest BCUT2D eigenvalue weighted by atomic mass is 9.63. The number of rotatable bonds is 2. The number of carbonyl (C=O) groups is 2. The highest BCUT2D eigenvalue weighted by Gasteiger charge is 2.40. The topological polar surface area (TPSA) is 60.2 Å². The van der Waals surface area contributed by atoms with Crippen molar-refractivity contribution in [3.63, 3.8) is 0 Å². The summed E-state index contributed by atoms with van der Waals surface area (Å²) in [7, 11) is 0. The van der Waals surface area contributed by atoms with Crippen LogP contribution in [0.1, 0.15) is 58.1 Å². The summed E-state index contributed by atoms with van der Waals surface area (Å²) in [6.07, 6.45) is 3.61. The Hall–Kier alpha value is -2.42. The maximum absolute atomic E-state index is 12.9. The van der Waals surface area contributed by atoms with Crippen LogP contribution in [0.25, 0.3) is 0 Å². The Balaban J connectivity index is 1.64. The molecule has 24 heavy (non-hydrogen) atoms. The zero-order chi connectivity index (χ0) is 16.7. The molecule has 2 N–H and O–H groups in total. The number of amides is 1. The summed E-state index contributed by atoms with van der Waals surface area (Å²) in [5.74, 6) is 0.678. The van der Waals surface area contributed by atoms with Crippen molar-refractivity contribution in [3.05, 3.63) is 70.8 Å². The van der Waals surface area contributed by atoms with Gasteiger partial charge in [0.1, 0.15) is 5.78 Å². The molecule has 0 aliphatic heterocycles. The molecular formula is C21H21NO2. The quantitative estimate of drug-likeness (QED) is 0.919. The first-order valence-electron chi connectivity index (χ1n) is 8.64. The molecular weight excluding hydrogens is 298 g/mol. The number of hydrogen-bond acceptors (Lipinski definition) is 2. The fraction of sp³-hybridized carbons (Fsp3) is 0.333. The van der Waals surface area contributed by atoms with Crippen molar-refractivity contribution in [2.75, 3.05) is 0 Å². The van der Waals surface area contributed by atoms with Gasteiger partial charge >= 0.3 is 0 Å². The highest BCUT2D eigenvalue weighted by molar-refractivity contribution is 5.94. The van der Waals surface area contributed by atoms with Crippen molar-refractivity contribution in [2.45, 2.75) is 37.5 Å². The minimum Gasteiger partial charge on any atom is -0.366 e. The average molecular weight is 319 g/mol. The molecule has 2 aliphatic rings. The molecule has 2 aromatic rings. The number of Topliss-reactive ketones (excluding diaryl/α,β-unsaturated/α-hetero) is 1. The summed E-state index contributed by atoms with van der Waals surface area (Å²) < 4.78 is 0. The van der Waals surface area contributed by atoms with Gasteiger partial charge in [0, 0.05) is 17.9 Å². The monoisotopic (exact) mass is 319 g/mol. The molecule has 0 heterocycles. The highest BCUT2D eigenvalue weighted by Crippen LogP contribution is 2.47. The predicted octanol–water partition coefficient (Wildman–Crippen LogP) is 3.58. The first kappa shape index (κ1) is 15.1. The summed E-state index contributed by atoms with van der Waals surface area (Å²) in [5, 5.41) is 0. The number of benzene rings is 2. The minimum absolute atomic E-state index is 0.00404. The fourth-order valence-corrected chi connectivity index (χ4v) is 4.53. The Morgan fingerprint density at radius 3 is 2.62 bits per heavy atom. The lowest BCUT2D eigenvalue weighted by Crippen LogP contribution is -2.34. The first-order chi connectivity index (χ1) is 11.6. The third-order valence-electron chi connectivity index (χ3n) is 5.67. The van der Waals surface area contributed by atoms with Gasteiger partial charge in [-0.05, 0) is 59.9 Å². The second-order valence-corrected chi connectivity index (χ2v) is 7.07. The zero-order valence-corrected chi connectivity index (χ0v) is 13.6. The van der Waals surface area contributed by atoms with Crippen molar-refractivity contribution in [3.8, 4) is 0 Å². The van der Waals surface area contributed by atoms with E-state index in [4.69, 9.17) is 5.73 Å². The molecule has 122 valence electrons. The molecule has 3 heteroatoms. The van der Waals surface area contributed by atoms with Gasteiger partial charge in [0.25, 0.3) is 0 Å². The molecule has 0 bridgehead atoms. The largest absolute Gasteiger partial charge is 0.366 e. The van der Waals surface area contributed by atoms with Crippen molar-refractivity contribution >= 4 is 11.7 Å². The van der Waals surface area contributed by atoms with E-state index in [2.05, 4.69) is 12.1 Å². The van der Waals surface area contributed by atoms with Gasteiger partial charge in [-0.3, -0.25) is 9.59 Å². The molecule has 1 saturated carbocycles. The molecule has 0 aromatic heterocycles. The molecule has 2 aliphatic carbocycles. The van der Waals surface area contributed by atoms with Gasteiger partial charge in [0.15, 0.2) is 0 Å². The standard InChI is InChI=1S/C21H21NO2/c22-21(24)16-8-9-18-14(10-16)6-7-15-11-17(12-19(23)20(15)18)13-4-2-1-3-5-13/h1-5,8-10,15,17,20H,6-7,11-12H2,(H2,22,24). The van der Waals surface area contributed by atoms with E-state index in [-0.39, 0.29) is 5.92 Å². The van der Waals surface area contributed by atoms with Crippen LogP contribution in [0.5, 0.6) is 0 Å². The third kappa shape index (κ3) is 2.54.